The maximum Gasteiger partial charge on any atom is 0.335 e. The van der Waals surface area contributed by atoms with E-state index in [2.05, 4.69) is 50.3 Å². The van der Waals surface area contributed by atoms with Crippen molar-refractivity contribution in [2.45, 2.75) is 218 Å². The SMILES string of the molecule is CCCCC/C=C\CCCCCCCC(=O)OC(COC(=O)CCCCCCCCC/C=C\C/C=C\CCCCCC)COC1OC(C(=O)O)C(O)C(O)C1O. The first-order chi connectivity index (χ1) is 27.2. The van der Waals surface area contributed by atoms with Gasteiger partial charge in [-0.25, -0.2) is 4.79 Å². The lowest BCUT2D eigenvalue weighted by Gasteiger charge is -2.38. The number of hydrogen-bond acceptors (Lipinski definition) is 10. The number of esters is 2. The third kappa shape index (κ3) is 27.1. The molecule has 11 nitrogen and oxygen atoms in total. The van der Waals surface area contributed by atoms with Crippen molar-refractivity contribution in [1.29, 1.82) is 0 Å². The van der Waals surface area contributed by atoms with Crippen LogP contribution in [0.4, 0.5) is 0 Å². The van der Waals surface area contributed by atoms with Gasteiger partial charge in [0, 0.05) is 12.8 Å². The quantitative estimate of drug-likeness (QED) is 0.0271. The van der Waals surface area contributed by atoms with Crippen LogP contribution in [-0.4, -0.2) is 88.4 Å². The van der Waals surface area contributed by atoms with E-state index in [1.54, 1.807) is 0 Å². The number of aliphatic hydroxyl groups excluding tert-OH is 3. The largest absolute Gasteiger partial charge is 0.479 e. The number of hydrogen-bond donors (Lipinski definition) is 4. The molecule has 0 bridgehead atoms. The van der Waals surface area contributed by atoms with Crippen LogP contribution < -0.4 is 0 Å². The highest BCUT2D eigenvalue weighted by molar-refractivity contribution is 5.73. The molecular weight excluding hydrogens is 716 g/mol. The van der Waals surface area contributed by atoms with Crippen LogP contribution in [0.25, 0.3) is 0 Å². The van der Waals surface area contributed by atoms with Crippen molar-refractivity contribution < 1.29 is 53.8 Å². The lowest BCUT2D eigenvalue weighted by molar-refractivity contribution is -0.298. The molecule has 1 aliphatic rings. The van der Waals surface area contributed by atoms with E-state index in [9.17, 15) is 34.8 Å². The van der Waals surface area contributed by atoms with Gasteiger partial charge in [0.2, 0.25) is 0 Å². The first kappa shape index (κ1) is 51.4. The molecule has 0 saturated carbocycles. The maximum absolute atomic E-state index is 12.7. The Bertz CT molecular complexity index is 1070. The highest BCUT2D eigenvalue weighted by Crippen LogP contribution is 2.23. The van der Waals surface area contributed by atoms with Gasteiger partial charge < -0.3 is 39.4 Å². The number of aliphatic hydroxyl groups is 3. The normalized spacial score (nSPS) is 20.6. The standard InChI is InChI=1S/C45H78O11/c1-3-5-7-9-11-13-15-17-18-19-20-21-22-24-25-27-29-31-33-38(46)53-35-37(36-54-45-42(50)40(48)41(49)43(56-45)44(51)52)55-39(47)34-32-30-28-26-23-16-14-12-10-8-6-4-2/h12-15,18-19,37,40-43,45,48-50H,3-11,16-17,20-36H2,1-2H3,(H,51,52)/b14-12-,15-13-,19-18-. The average Bonchev–Trinajstić information content (AvgIpc) is 3.18. The zero-order valence-electron chi connectivity index (χ0n) is 34.9. The first-order valence-corrected chi connectivity index (χ1v) is 22.0. The molecule has 0 aromatic heterocycles. The van der Waals surface area contributed by atoms with Crippen LogP contribution >= 0.6 is 0 Å². The molecule has 6 atom stereocenters. The number of rotatable bonds is 36. The Hall–Kier alpha value is -2.57. The Morgan fingerprint density at radius 1 is 0.554 bits per heavy atom. The Morgan fingerprint density at radius 2 is 1.00 bits per heavy atom. The Morgan fingerprint density at radius 3 is 1.54 bits per heavy atom. The topological polar surface area (TPSA) is 169 Å². The third-order valence-corrected chi connectivity index (χ3v) is 9.96. The minimum absolute atomic E-state index is 0.171. The molecule has 0 radical (unpaired) electrons. The van der Waals surface area contributed by atoms with E-state index in [1.807, 2.05) is 0 Å². The molecule has 6 unspecified atom stereocenters. The van der Waals surface area contributed by atoms with Gasteiger partial charge in [0.15, 0.2) is 18.5 Å². The number of carboxylic acid groups (broad SMARTS) is 1. The lowest BCUT2D eigenvalue weighted by Crippen LogP contribution is -2.60. The number of carboxylic acids is 1. The molecule has 324 valence electrons. The number of ether oxygens (including phenoxy) is 4. The summed E-state index contributed by atoms with van der Waals surface area (Å²) in [6.07, 6.45) is 30.5. The summed E-state index contributed by atoms with van der Waals surface area (Å²) in [5, 5.41) is 39.7. The van der Waals surface area contributed by atoms with E-state index in [1.165, 1.54) is 70.6 Å². The van der Waals surface area contributed by atoms with E-state index in [-0.39, 0.29) is 19.4 Å². The summed E-state index contributed by atoms with van der Waals surface area (Å²) in [6, 6.07) is 0. The summed E-state index contributed by atoms with van der Waals surface area (Å²) in [6.45, 7) is 3.75. The van der Waals surface area contributed by atoms with Crippen molar-refractivity contribution in [3.63, 3.8) is 0 Å². The number of carbonyl (C=O) groups is 3. The van der Waals surface area contributed by atoms with Gasteiger partial charge in [-0.05, 0) is 70.6 Å². The fourth-order valence-corrected chi connectivity index (χ4v) is 6.43. The van der Waals surface area contributed by atoms with Gasteiger partial charge in [0.25, 0.3) is 0 Å². The van der Waals surface area contributed by atoms with Gasteiger partial charge in [-0.3, -0.25) is 9.59 Å². The van der Waals surface area contributed by atoms with Crippen molar-refractivity contribution in [1.82, 2.24) is 0 Å². The highest BCUT2D eigenvalue weighted by atomic mass is 16.7. The summed E-state index contributed by atoms with van der Waals surface area (Å²) < 4.78 is 21.7. The second-order valence-corrected chi connectivity index (χ2v) is 15.2. The van der Waals surface area contributed by atoms with Gasteiger partial charge in [-0.1, -0.05) is 134 Å². The van der Waals surface area contributed by atoms with Crippen LogP contribution in [0.1, 0.15) is 181 Å². The van der Waals surface area contributed by atoms with Crippen LogP contribution in [0, 0.1) is 0 Å². The van der Waals surface area contributed by atoms with Gasteiger partial charge >= 0.3 is 17.9 Å². The molecule has 1 saturated heterocycles. The zero-order valence-corrected chi connectivity index (χ0v) is 34.9. The van der Waals surface area contributed by atoms with Crippen LogP contribution in [0.2, 0.25) is 0 Å². The van der Waals surface area contributed by atoms with Crippen LogP contribution in [0.15, 0.2) is 36.5 Å². The van der Waals surface area contributed by atoms with Crippen molar-refractivity contribution in [3.05, 3.63) is 36.5 Å². The molecule has 0 aromatic rings. The summed E-state index contributed by atoms with van der Waals surface area (Å²) in [5.41, 5.74) is 0. The number of carbonyl (C=O) groups excluding carboxylic acids is 2. The van der Waals surface area contributed by atoms with Crippen LogP contribution in [-0.2, 0) is 33.3 Å². The second kappa shape index (κ2) is 35.6. The summed E-state index contributed by atoms with van der Waals surface area (Å²) in [4.78, 5) is 36.8. The van der Waals surface area contributed by atoms with Crippen LogP contribution in [0.3, 0.4) is 0 Å². The Labute approximate surface area is 338 Å². The number of allylic oxidation sites excluding steroid dienone is 6. The second-order valence-electron chi connectivity index (χ2n) is 15.2. The van der Waals surface area contributed by atoms with Crippen LogP contribution in [0.5, 0.6) is 0 Å². The van der Waals surface area contributed by atoms with Crippen molar-refractivity contribution >= 4 is 17.9 Å². The molecule has 56 heavy (non-hydrogen) atoms. The molecule has 0 aromatic carbocycles. The fourth-order valence-electron chi connectivity index (χ4n) is 6.43. The predicted octanol–water partition coefficient (Wildman–Crippen LogP) is 9.20. The minimum Gasteiger partial charge on any atom is -0.479 e. The van der Waals surface area contributed by atoms with E-state index in [0.29, 0.717) is 12.8 Å². The van der Waals surface area contributed by atoms with Crippen molar-refractivity contribution in [3.8, 4) is 0 Å². The third-order valence-electron chi connectivity index (χ3n) is 9.96. The highest BCUT2D eigenvalue weighted by Gasteiger charge is 2.47. The molecule has 1 heterocycles. The number of unbranched alkanes of at least 4 members (excludes halogenated alkanes) is 19. The lowest BCUT2D eigenvalue weighted by atomic mass is 9.99. The van der Waals surface area contributed by atoms with Gasteiger partial charge in [-0.15, -0.1) is 0 Å². The first-order valence-electron chi connectivity index (χ1n) is 22.0. The molecule has 1 rings (SSSR count). The summed E-state index contributed by atoms with van der Waals surface area (Å²) in [5.74, 6) is -2.47. The predicted molar refractivity (Wildman–Crippen MR) is 220 cm³/mol. The summed E-state index contributed by atoms with van der Waals surface area (Å²) in [7, 11) is 0. The minimum atomic E-state index is -1.86. The van der Waals surface area contributed by atoms with E-state index in [4.69, 9.17) is 18.9 Å². The smallest absolute Gasteiger partial charge is 0.335 e. The summed E-state index contributed by atoms with van der Waals surface area (Å²) >= 11 is 0. The van der Waals surface area contributed by atoms with E-state index in [0.717, 1.165) is 70.6 Å². The molecular formula is C45H78O11. The molecule has 4 N–H and O–H groups in total. The van der Waals surface area contributed by atoms with Gasteiger partial charge in [0.1, 0.15) is 24.9 Å². The maximum atomic E-state index is 12.7. The fraction of sp³-hybridized carbons (Fsp3) is 0.800. The van der Waals surface area contributed by atoms with Gasteiger partial charge in [-0.2, -0.15) is 0 Å². The zero-order chi connectivity index (χ0) is 41.1. The van der Waals surface area contributed by atoms with E-state index >= 15 is 0 Å². The molecule has 11 heteroatoms. The molecule has 0 aliphatic carbocycles. The molecule has 0 spiro atoms. The van der Waals surface area contributed by atoms with Gasteiger partial charge in [0.05, 0.1) is 6.61 Å². The Balaban J connectivity index is 2.37. The molecule has 1 fully saturated rings. The average molecular weight is 795 g/mol. The molecule has 1 aliphatic heterocycles. The number of aliphatic carboxylic acids is 1. The van der Waals surface area contributed by atoms with Crippen molar-refractivity contribution in [2.75, 3.05) is 13.2 Å². The van der Waals surface area contributed by atoms with Crippen molar-refractivity contribution in [2.24, 2.45) is 0 Å². The monoisotopic (exact) mass is 795 g/mol. The van der Waals surface area contributed by atoms with E-state index < -0.39 is 61.3 Å². The molecule has 0 amide bonds. The Kier molecular flexibility index (Phi) is 32.7.